The van der Waals surface area contributed by atoms with Crippen molar-refractivity contribution in [1.29, 1.82) is 5.41 Å². The highest BCUT2D eigenvalue weighted by Crippen LogP contribution is 2.08. The molecule has 0 bridgehead atoms. The highest BCUT2D eigenvalue weighted by molar-refractivity contribution is 7.11. The van der Waals surface area contributed by atoms with Gasteiger partial charge in [0.25, 0.3) is 5.56 Å². The summed E-state index contributed by atoms with van der Waals surface area (Å²) in [5, 5.41) is 11.8. The van der Waals surface area contributed by atoms with E-state index in [0.717, 1.165) is 31.6 Å². The molecule has 0 atom stereocenters. The molecule has 1 amide bonds. The number of hydrogen-bond donors (Lipinski definition) is 3. The van der Waals surface area contributed by atoms with Crippen LogP contribution in [0.2, 0.25) is 0 Å². The fourth-order valence-electron chi connectivity index (χ4n) is 2.84. The summed E-state index contributed by atoms with van der Waals surface area (Å²) < 4.78 is 1.98. The quantitative estimate of drug-likeness (QED) is 0.553. The number of fused-ring (bicyclic) bond motifs is 1. The molecule has 0 aliphatic carbocycles. The monoisotopic (exact) mass is 356 g/mol. The number of carbonyl (C=O) groups excluding carboxylic acids is 1. The van der Waals surface area contributed by atoms with Gasteiger partial charge in [-0.15, -0.1) is 0 Å². The molecule has 8 nitrogen and oxygen atoms in total. The van der Waals surface area contributed by atoms with Crippen LogP contribution < -0.4 is 20.9 Å². The Bertz CT molecular complexity index is 1110. The second kappa shape index (κ2) is 6.17. The molecule has 25 heavy (non-hydrogen) atoms. The van der Waals surface area contributed by atoms with Gasteiger partial charge in [-0.1, -0.05) is 11.3 Å². The summed E-state index contributed by atoms with van der Waals surface area (Å²) in [6.45, 7) is 1.55. The van der Waals surface area contributed by atoms with Crippen molar-refractivity contribution < 1.29 is 4.79 Å². The van der Waals surface area contributed by atoms with E-state index in [-0.39, 0.29) is 16.6 Å². The van der Waals surface area contributed by atoms with Crippen molar-refractivity contribution >= 4 is 29.4 Å². The average Bonchev–Trinajstić information content (AvgIpc) is 3.32. The van der Waals surface area contributed by atoms with E-state index in [1.54, 1.807) is 23.2 Å². The van der Waals surface area contributed by atoms with Gasteiger partial charge in [0.2, 0.25) is 11.0 Å². The molecule has 9 heteroatoms. The third-order valence-electron chi connectivity index (χ3n) is 4.12. The van der Waals surface area contributed by atoms with E-state index in [1.165, 1.54) is 22.1 Å². The molecule has 1 aromatic rings. The van der Waals surface area contributed by atoms with Crippen LogP contribution in [0.15, 0.2) is 23.1 Å². The number of H-pyrrole nitrogens is 2. The van der Waals surface area contributed by atoms with E-state index < -0.39 is 5.56 Å². The summed E-state index contributed by atoms with van der Waals surface area (Å²) in [7, 11) is 0. The second-order valence-corrected chi connectivity index (χ2v) is 6.83. The minimum atomic E-state index is -0.465. The Hall–Kier alpha value is -2.94. The zero-order chi connectivity index (χ0) is 17.4. The van der Waals surface area contributed by atoms with Crippen molar-refractivity contribution in [3.8, 4) is 5.13 Å². The Morgan fingerprint density at radius 1 is 1.36 bits per heavy atom. The van der Waals surface area contributed by atoms with Crippen LogP contribution in [-0.2, 0) is 4.79 Å². The van der Waals surface area contributed by atoms with Gasteiger partial charge in [-0.2, -0.15) is 4.98 Å². The number of rotatable bonds is 2. The van der Waals surface area contributed by atoms with Crippen molar-refractivity contribution in [2.24, 2.45) is 0 Å². The topological polar surface area (TPSA) is 111 Å². The first-order valence-electron chi connectivity index (χ1n) is 7.94. The highest BCUT2D eigenvalue weighted by Gasteiger charge is 2.16. The molecule has 0 spiro atoms. The van der Waals surface area contributed by atoms with E-state index >= 15 is 0 Å². The molecule has 4 rings (SSSR count). The van der Waals surface area contributed by atoms with Gasteiger partial charge < -0.3 is 9.88 Å². The van der Waals surface area contributed by atoms with E-state index in [4.69, 9.17) is 5.41 Å². The standard InChI is InChI=1S/C16H16N6O2S/c17-14-11(8-10-4-3-5-18-10)15(24)19-16-22(14)20-12(25-16)9-13(23)21-6-1-2-7-21/h3-5,8-9,17-18,20H,1-2,6-7H2/b11-8-,12-9-,17-14?. The maximum atomic E-state index is 12.2. The van der Waals surface area contributed by atoms with Crippen LogP contribution in [0.4, 0.5) is 0 Å². The molecule has 1 saturated heterocycles. The lowest BCUT2D eigenvalue weighted by molar-refractivity contribution is -0.123. The molecule has 4 heterocycles. The number of hydrogen-bond acceptors (Lipinski definition) is 5. The van der Waals surface area contributed by atoms with Crippen LogP contribution in [0.3, 0.4) is 0 Å². The Labute approximate surface area is 145 Å². The van der Waals surface area contributed by atoms with Crippen molar-refractivity contribution in [2.75, 3.05) is 13.1 Å². The molecule has 3 aliphatic rings. The molecular weight excluding hydrogens is 340 g/mol. The molecule has 1 fully saturated rings. The number of nitrogens with zero attached hydrogens (tertiary/aromatic N) is 3. The average molecular weight is 356 g/mol. The SMILES string of the molecule is N=c1/c(=C/c2ccc[nH]2)c(=O)nc2s/c(=C\C(=O)N3CCCC3)[nH]n1-2. The van der Waals surface area contributed by atoms with Gasteiger partial charge in [0, 0.05) is 31.1 Å². The Morgan fingerprint density at radius 2 is 2.16 bits per heavy atom. The minimum Gasteiger partial charge on any atom is -0.362 e. The van der Waals surface area contributed by atoms with E-state index in [2.05, 4.69) is 15.1 Å². The molecule has 0 unspecified atom stereocenters. The number of aromatic nitrogens is 4. The van der Waals surface area contributed by atoms with Crippen LogP contribution in [0.5, 0.6) is 0 Å². The Balaban J connectivity index is 1.83. The Morgan fingerprint density at radius 3 is 2.88 bits per heavy atom. The van der Waals surface area contributed by atoms with Crippen LogP contribution >= 0.6 is 11.3 Å². The van der Waals surface area contributed by atoms with E-state index in [9.17, 15) is 9.59 Å². The number of likely N-dealkylation sites (tertiary alicyclic amines) is 1. The fourth-order valence-corrected chi connectivity index (χ4v) is 3.69. The zero-order valence-electron chi connectivity index (χ0n) is 13.3. The van der Waals surface area contributed by atoms with Crippen molar-refractivity contribution in [3.63, 3.8) is 0 Å². The number of carbonyl (C=O) groups is 1. The van der Waals surface area contributed by atoms with Crippen molar-refractivity contribution in [2.45, 2.75) is 12.8 Å². The lowest BCUT2D eigenvalue weighted by atomic mass is 10.3. The first-order chi connectivity index (χ1) is 12.1. The smallest absolute Gasteiger partial charge is 0.283 e. The molecule has 1 aromatic heterocycles. The summed E-state index contributed by atoms with van der Waals surface area (Å²) in [6, 6.07) is 3.62. The van der Waals surface area contributed by atoms with Gasteiger partial charge in [-0.3, -0.25) is 20.1 Å². The van der Waals surface area contributed by atoms with Gasteiger partial charge in [-0.25, -0.2) is 4.68 Å². The van der Waals surface area contributed by atoms with Crippen LogP contribution in [0, 0.1) is 5.41 Å². The minimum absolute atomic E-state index is 0.00845. The summed E-state index contributed by atoms with van der Waals surface area (Å²) in [6.07, 6.45) is 6.89. The molecule has 3 N–H and O–H groups in total. The van der Waals surface area contributed by atoms with Crippen molar-refractivity contribution in [1.82, 2.24) is 24.6 Å². The van der Waals surface area contributed by atoms with Gasteiger partial charge >= 0.3 is 0 Å². The van der Waals surface area contributed by atoms with E-state index in [0.29, 0.717) is 9.79 Å². The first kappa shape index (κ1) is 15.6. The van der Waals surface area contributed by atoms with Gasteiger partial charge in [0.15, 0.2) is 5.49 Å². The second-order valence-electron chi connectivity index (χ2n) is 5.82. The third-order valence-corrected chi connectivity index (χ3v) is 5.00. The molecule has 0 radical (unpaired) electrons. The maximum Gasteiger partial charge on any atom is 0.283 e. The normalized spacial score (nSPS) is 16.2. The first-order valence-corrected chi connectivity index (χ1v) is 8.76. The molecule has 0 saturated carbocycles. The molecular formula is C16H16N6O2S. The van der Waals surface area contributed by atoms with Crippen LogP contribution in [0.1, 0.15) is 18.5 Å². The van der Waals surface area contributed by atoms with Gasteiger partial charge in [0.05, 0.1) is 5.22 Å². The lowest BCUT2D eigenvalue weighted by Gasteiger charge is -2.10. The van der Waals surface area contributed by atoms with Crippen LogP contribution in [0.25, 0.3) is 17.3 Å². The summed E-state index contributed by atoms with van der Waals surface area (Å²) >= 11 is 1.18. The van der Waals surface area contributed by atoms with Gasteiger partial charge in [-0.05, 0) is 31.1 Å². The number of aromatic amines is 2. The van der Waals surface area contributed by atoms with Crippen molar-refractivity contribution in [3.05, 3.63) is 49.7 Å². The third kappa shape index (κ3) is 2.93. The Kier molecular flexibility index (Phi) is 3.85. The zero-order valence-corrected chi connectivity index (χ0v) is 14.1. The number of amides is 1. The summed E-state index contributed by atoms with van der Waals surface area (Å²) in [4.78, 5) is 33.3. The molecule has 0 aromatic carbocycles. The molecule has 3 aliphatic heterocycles. The predicted octanol–water partition coefficient (Wildman–Crippen LogP) is -0.901. The fraction of sp³-hybridized carbons (Fsp3) is 0.250. The summed E-state index contributed by atoms with van der Waals surface area (Å²) in [5.74, 6) is -0.0621. The predicted molar refractivity (Wildman–Crippen MR) is 93.0 cm³/mol. The molecule has 128 valence electrons. The maximum absolute atomic E-state index is 12.2. The van der Waals surface area contributed by atoms with Crippen LogP contribution in [-0.4, -0.2) is 43.6 Å². The van der Waals surface area contributed by atoms with Gasteiger partial charge in [0.1, 0.15) is 4.66 Å². The van der Waals surface area contributed by atoms with E-state index in [1.807, 2.05) is 6.07 Å². The number of nitrogens with one attached hydrogen (secondary N) is 3. The summed E-state index contributed by atoms with van der Waals surface area (Å²) in [5.41, 5.74) is 0.264. The largest absolute Gasteiger partial charge is 0.362 e. The lowest BCUT2D eigenvalue weighted by Crippen LogP contribution is -2.47. The highest BCUT2D eigenvalue weighted by atomic mass is 32.1.